The van der Waals surface area contributed by atoms with E-state index >= 15 is 0 Å². The van der Waals surface area contributed by atoms with Gasteiger partial charge in [-0.2, -0.15) is 5.43 Å². The van der Waals surface area contributed by atoms with Crippen LogP contribution in [-0.4, -0.2) is 19.7 Å². The van der Waals surface area contributed by atoms with Gasteiger partial charge < -0.3 is 9.94 Å². The molecule has 116 valence electrons. The Kier molecular flexibility index (Phi) is 4.85. The van der Waals surface area contributed by atoms with Crippen LogP contribution < -0.4 is 10.2 Å². The molecular weight excluding hydrogens is 276 g/mol. The van der Waals surface area contributed by atoms with Crippen LogP contribution in [0.4, 0.5) is 5.69 Å². The molecule has 0 saturated carbocycles. The molecule has 0 spiro atoms. The van der Waals surface area contributed by atoms with E-state index in [1.807, 2.05) is 48.5 Å². The maximum atomic E-state index is 12.8. The van der Waals surface area contributed by atoms with Gasteiger partial charge in [0.25, 0.3) is 0 Å². The first-order valence-electron chi connectivity index (χ1n) is 7.78. The second-order valence-corrected chi connectivity index (χ2v) is 5.82. The quantitative estimate of drug-likeness (QED) is 0.681. The van der Waals surface area contributed by atoms with Crippen LogP contribution in [-0.2, 0) is 11.3 Å². The van der Waals surface area contributed by atoms with Crippen LogP contribution in [0.3, 0.4) is 0 Å². The lowest BCUT2D eigenvalue weighted by Crippen LogP contribution is -2.61. The van der Waals surface area contributed by atoms with E-state index < -0.39 is 4.76 Å². The third kappa shape index (κ3) is 3.72. The van der Waals surface area contributed by atoms with Gasteiger partial charge in [0.2, 0.25) is 0 Å². The standard InChI is InChI=1S/C18H22N2O2/c21-20(18-9-5-2-6-10-18)12-11-17(13-19-20)15-22-14-16-7-3-1-4-8-16/h1-10,17,19H,11-15H2. The van der Waals surface area contributed by atoms with Crippen LogP contribution in [0.2, 0.25) is 0 Å². The summed E-state index contributed by atoms with van der Waals surface area (Å²) < 4.78 is 5.35. The first-order chi connectivity index (χ1) is 10.8. The van der Waals surface area contributed by atoms with Crippen molar-refractivity contribution in [1.82, 2.24) is 10.2 Å². The smallest absolute Gasteiger partial charge is 0.152 e. The molecule has 2 aromatic rings. The van der Waals surface area contributed by atoms with Gasteiger partial charge in [0, 0.05) is 24.5 Å². The average molecular weight is 298 g/mol. The average Bonchev–Trinajstić information content (AvgIpc) is 2.59. The molecule has 1 heterocycles. The Bertz CT molecular complexity index is 566. The van der Waals surface area contributed by atoms with Gasteiger partial charge in [-0.1, -0.05) is 48.5 Å². The number of rotatable bonds is 5. The minimum Gasteiger partial charge on any atom is -0.606 e. The van der Waals surface area contributed by atoms with Crippen molar-refractivity contribution in [2.75, 3.05) is 19.7 Å². The van der Waals surface area contributed by atoms with Crippen molar-refractivity contribution < 1.29 is 4.74 Å². The van der Waals surface area contributed by atoms with Gasteiger partial charge in [0.15, 0.2) is 5.69 Å². The van der Waals surface area contributed by atoms with Gasteiger partial charge in [0.05, 0.1) is 19.8 Å². The maximum Gasteiger partial charge on any atom is 0.152 e. The summed E-state index contributed by atoms with van der Waals surface area (Å²) in [5.41, 5.74) is 5.07. The van der Waals surface area contributed by atoms with Gasteiger partial charge in [-0.3, -0.25) is 0 Å². The number of ether oxygens (including phenoxy) is 1. The zero-order chi connectivity index (χ0) is 15.3. The normalized spacial score (nSPS) is 25.0. The highest BCUT2D eigenvalue weighted by molar-refractivity contribution is 5.42. The Hall–Kier alpha value is -1.72. The molecule has 1 aliphatic heterocycles. The number of para-hydroxylation sites is 1. The summed E-state index contributed by atoms with van der Waals surface area (Å²) in [7, 11) is 0. The molecular formula is C18H22N2O2. The first-order valence-corrected chi connectivity index (χ1v) is 7.78. The molecule has 2 unspecified atom stereocenters. The molecule has 0 amide bonds. The predicted octanol–water partition coefficient (Wildman–Crippen LogP) is 3.23. The molecule has 0 aliphatic carbocycles. The van der Waals surface area contributed by atoms with E-state index in [9.17, 15) is 5.21 Å². The summed E-state index contributed by atoms with van der Waals surface area (Å²) in [6, 6.07) is 19.7. The zero-order valence-corrected chi connectivity index (χ0v) is 12.7. The van der Waals surface area contributed by atoms with E-state index in [2.05, 4.69) is 17.6 Å². The molecule has 0 bridgehead atoms. The van der Waals surface area contributed by atoms with E-state index in [4.69, 9.17) is 4.74 Å². The lowest BCUT2D eigenvalue weighted by molar-refractivity contribution is 0.0576. The van der Waals surface area contributed by atoms with Crippen molar-refractivity contribution in [3.05, 3.63) is 71.4 Å². The minimum atomic E-state index is -0.434. The van der Waals surface area contributed by atoms with Crippen LogP contribution in [0.15, 0.2) is 60.7 Å². The van der Waals surface area contributed by atoms with Gasteiger partial charge in [-0.25, -0.2) is 4.76 Å². The lowest BCUT2D eigenvalue weighted by atomic mass is 10.0. The largest absolute Gasteiger partial charge is 0.606 e. The second-order valence-electron chi connectivity index (χ2n) is 5.82. The predicted molar refractivity (Wildman–Crippen MR) is 88.7 cm³/mol. The highest BCUT2D eigenvalue weighted by atomic mass is 16.6. The highest BCUT2D eigenvalue weighted by Crippen LogP contribution is 2.24. The van der Waals surface area contributed by atoms with Gasteiger partial charge in [-0.15, -0.1) is 0 Å². The van der Waals surface area contributed by atoms with Crippen LogP contribution in [0.1, 0.15) is 12.0 Å². The number of benzene rings is 2. The van der Waals surface area contributed by atoms with Crippen molar-refractivity contribution in [3.63, 3.8) is 0 Å². The number of quaternary nitrogens is 1. The lowest BCUT2D eigenvalue weighted by Gasteiger charge is -2.45. The van der Waals surface area contributed by atoms with E-state index in [-0.39, 0.29) is 0 Å². The molecule has 4 heteroatoms. The number of hydroxylamine groups is 1. The molecule has 3 rings (SSSR count). The number of nitrogens with one attached hydrogen (secondary N) is 1. The topological polar surface area (TPSA) is 44.3 Å². The molecule has 2 atom stereocenters. The van der Waals surface area contributed by atoms with Gasteiger partial charge >= 0.3 is 0 Å². The Morgan fingerprint density at radius 3 is 2.36 bits per heavy atom. The molecule has 0 aromatic heterocycles. The minimum absolute atomic E-state index is 0.396. The number of hydrogen-bond donors (Lipinski definition) is 1. The Labute approximate surface area is 131 Å². The summed E-state index contributed by atoms with van der Waals surface area (Å²) in [5, 5.41) is 12.8. The van der Waals surface area contributed by atoms with Crippen molar-refractivity contribution >= 4 is 5.69 Å². The molecule has 1 saturated heterocycles. The Morgan fingerprint density at radius 2 is 1.73 bits per heavy atom. The molecule has 0 radical (unpaired) electrons. The van der Waals surface area contributed by atoms with E-state index in [1.54, 1.807) is 0 Å². The third-order valence-electron chi connectivity index (χ3n) is 4.13. The summed E-state index contributed by atoms with van der Waals surface area (Å²) in [6.45, 7) is 2.56. The fourth-order valence-electron chi connectivity index (χ4n) is 2.77. The van der Waals surface area contributed by atoms with Crippen LogP contribution >= 0.6 is 0 Å². The maximum absolute atomic E-state index is 12.8. The number of hydrogen-bond acceptors (Lipinski definition) is 3. The summed E-state index contributed by atoms with van der Waals surface area (Å²) in [5.74, 6) is 0.396. The molecule has 1 aliphatic rings. The van der Waals surface area contributed by atoms with E-state index in [1.165, 1.54) is 5.56 Å². The van der Waals surface area contributed by atoms with Crippen LogP contribution in [0.5, 0.6) is 0 Å². The first kappa shape index (κ1) is 15.2. The van der Waals surface area contributed by atoms with Crippen molar-refractivity contribution in [2.45, 2.75) is 13.0 Å². The number of nitrogens with zero attached hydrogens (tertiary/aromatic N) is 1. The fourth-order valence-corrected chi connectivity index (χ4v) is 2.77. The monoisotopic (exact) mass is 298 g/mol. The summed E-state index contributed by atoms with van der Waals surface area (Å²) >= 11 is 0. The molecule has 4 nitrogen and oxygen atoms in total. The molecule has 1 fully saturated rings. The summed E-state index contributed by atoms with van der Waals surface area (Å²) in [4.78, 5) is 0. The van der Waals surface area contributed by atoms with Crippen molar-refractivity contribution in [1.29, 1.82) is 0 Å². The second kappa shape index (κ2) is 7.03. The van der Waals surface area contributed by atoms with Crippen molar-refractivity contribution in [3.8, 4) is 0 Å². The Balaban J connectivity index is 1.46. The van der Waals surface area contributed by atoms with Crippen LogP contribution in [0.25, 0.3) is 0 Å². The van der Waals surface area contributed by atoms with Crippen LogP contribution in [0, 0.1) is 11.1 Å². The fraction of sp³-hybridized carbons (Fsp3) is 0.333. The molecule has 22 heavy (non-hydrogen) atoms. The van der Waals surface area contributed by atoms with Gasteiger partial charge in [0.1, 0.15) is 6.54 Å². The summed E-state index contributed by atoms with van der Waals surface area (Å²) in [6.07, 6.45) is 0.875. The molecule has 1 N–H and O–H groups in total. The SMILES string of the molecule is [O-][N+]1(c2ccccc2)CCC(COCc2ccccc2)CN1. The zero-order valence-electron chi connectivity index (χ0n) is 12.7. The highest BCUT2D eigenvalue weighted by Gasteiger charge is 2.28. The molecule has 2 aromatic carbocycles. The van der Waals surface area contributed by atoms with E-state index in [0.717, 1.165) is 12.1 Å². The van der Waals surface area contributed by atoms with E-state index in [0.29, 0.717) is 32.2 Å². The van der Waals surface area contributed by atoms with Gasteiger partial charge in [-0.05, 0) is 5.56 Å². The Morgan fingerprint density at radius 1 is 1.05 bits per heavy atom. The van der Waals surface area contributed by atoms with Crippen molar-refractivity contribution in [2.24, 2.45) is 5.92 Å². The third-order valence-corrected chi connectivity index (χ3v) is 4.13.